The Morgan fingerprint density at radius 3 is 2.16 bits per heavy atom. The number of hydrogen-bond donors (Lipinski definition) is 0. The van der Waals surface area contributed by atoms with E-state index in [1.165, 1.54) is 6.20 Å². The van der Waals surface area contributed by atoms with Gasteiger partial charge in [0.1, 0.15) is 0 Å². The lowest BCUT2D eigenvalue weighted by atomic mass is 10.2. The molecule has 0 aliphatic carbocycles. The quantitative estimate of drug-likeness (QED) is 0.647. The van der Waals surface area contributed by atoms with Gasteiger partial charge in [-0.1, -0.05) is 20.8 Å². The van der Waals surface area contributed by atoms with Crippen LogP contribution >= 0.6 is 27.3 Å². The maximum atomic E-state index is 13.2. The highest BCUT2D eigenvalue weighted by Crippen LogP contribution is 2.46. The second kappa shape index (κ2) is 5.46. The molecule has 0 fully saturated rings. The molecular formula is C11H17BrF3NOSSi. The van der Waals surface area contributed by atoms with Crippen molar-refractivity contribution in [3.8, 4) is 0 Å². The zero-order valence-corrected chi connectivity index (χ0v) is 14.8. The standard InChI is InChI=1S/C11H17BrF3NOSSi/c1-10(2,3)19(4,5)17-8(11(13,14)15)7-6-16-9(12)18-7/h6,8H,1-5H3. The Hall–Kier alpha value is 0.0769. The number of alkyl halides is 3. The van der Waals surface area contributed by atoms with E-state index >= 15 is 0 Å². The first-order chi connectivity index (χ1) is 8.34. The normalized spacial score (nSPS) is 15.6. The van der Waals surface area contributed by atoms with Crippen LogP contribution in [-0.4, -0.2) is 19.5 Å². The van der Waals surface area contributed by atoms with Crippen molar-refractivity contribution in [2.24, 2.45) is 0 Å². The van der Waals surface area contributed by atoms with Crippen LogP contribution < -0.4 is 0 Å². The van der Waals surface area contributed by atoms with E-state index in [0.29, 0.717) is 3.92 Å². The fraction of sp³-hybridized carbons (Fsp3) is 0.727. The summed E-state index contributed by atoms with van der Waals surface area (Å²) in [5.74, 6) is 0. The molecule has 0 aliphatic heterocycles. The predicted octanol–water partition coefficient (Wildman–Crippen LogP) is 5.53. The van der Waals surface area contributed by atoms with Crippen LogP contribution in [0.2, 0.25) is 18.1 Å². The van der Waals surface area contributed by atoms with Gasteiger partial charge in [-0.25, -0.2) is 4.98 Å². The van der Waals surface area contributed by atoms with Crippen LogP contribution in [0.4, 0.5) is 13.2 Å². The molecule has 0 saturated heterocycles. The van der Waals surface area contributed by atoms with Gasteiger partial charge < -0.3 is 4.43 Å². The lowest BCUT2D eigenvalue weighted by Crippen LogP contribution is -2.44. The van der Waals surface area contributed by atoms with E-state index in [2.05, 4.69) is 20.9 Å². The van der Waals surface area contributed by atoms with Crippen LogP contribution in [0.15, 0.2) is 10.1 Å². The van der Waals surface area contributed by atoms with Gasteiger partial charge in [0.15, 0.2) is 18.3 Å². The van der Waals surface area contributed by atoms with Crippen LogP contribution in [0.25, 0.3) is 0 Å². The van der Waals surface area contributed by atoms with Crippen molar-refractivity contribution >= 4 is 35.6 Å². The summed E-state index contributed by atoms with van der Waals surface area (Å²) in [7, 11) is -2.51. The van der Waals surface area contributed by atoms with E-state index in [-0.39, 0.29) is 9.92 Å². The summed E-state index contributed by atoms with van der Waals surface area (Å²) < 4.78 is 45.5. The molecule has 0 bridgehead atoms. The average Bonchev–Trinajstić information content (AvgIpc) is 2.57. The summed E-state index contributed by atoms with van der Waals surface area (Å²) in [6.07, 6.45) is -5.10. The van der Waals surface area contributed by atoms with E-state index in [4.69, 9.17) is 4.43 Å². The average molecular weight is 376 g/mol. The molecular weight excluding hydrogens is 359 g/mol. The Morgan fingerprint density at radius 1 is 1.32 bits per heavy atom. The first kappa shape index (κ1) is 17.1. The second-order valence-electron chi connectivity index (χ2n) is 5.82. The fourth-order valence-electron chi connectivity index (χ4n) is 1.14. The van der Waals surface area contributed by atoms with E-state index < -0.39 is 20.6 Å². The third-order valence-electron chi connectivity index (χ3n) is 3.27. The monoisotopic (exact) mass is 375 g/mol. The lowest BCUT2D eigenvalue weighted by Gasteiger charge is -2.39. The summed E-state index contributed by atoms with van der Waals surface area (Å²) in [6, 6.07) is 0. The maximum absolute atomic E-state index is 13.2. The van der Waals surface area contributed by atoms with E-state index in [0.717, 1.165) is 11.3 Å². The van der Waals surface area contributed by atoms with E-state index in [9.17, 15) is 13.2 Å². The Kier molecular flexibility index (Phi) is 4.92. The van der Waals surface area contributed by atoms with Gasteiger partial charge in [0.05, 0.1) is 4.88 Å². The molecule has 0 radical (unpaired) electrons. The molecule has 1 aromatic heterocycles. The van der Waals surface area contributed by atoms with Crippen LogP contribution in [0.1, 0.15) is 31.8 Å². The molecule has 0 saturated carbocycles. The highest BCUT2D eigenvalue weighted by Gasteiger charge is 2.49. The van der Waals surface area contributed by atoms with Crippen molar-refractivity contribution in [2.75, 3.05) is 0 Å². The van der Waals surface area contributed by atoms with Gasteiger partial charge in [0, 0.05) is 6.20 Å². The number of thiazole rings is 1. The van der Waals surface area contributed by atoms with Gasteiger partial charge in [-0.05, 0) is 34.1 Å². The third kappa shape index (κ3) is 4.27. The topological polar surface area (TPSA) is 22.1 Å². The highest BCUT2D eigenvalue weighted by molar-refractivity contribution is 9.11. The van der Waals surface area contributed by atoms with Gasteiger partial charge in [-0.15, -0.1) is 11.3 Å². The van der Waals surface area contributed by atoms with Gasteiger partial charge in [-0.3, -0.25) is 0 Å². The van der Waals surface area contributed by atoms with Crippen LogP contribution in [0.5, 0.6) is 0 Å². The lowest BCUT2D eigenvalue weighted by molar-refractivity contribution is -0.200. The number of rotatable bonds is 3. The summed E-state index contributed by atoms with van der Waals surface area (Å²) in [6.45, 7) is 9.35. The summed E-state index contributed by atoms with van der Waals surface area (Å²) in [4.78, 5) is 3.90. The SMILES string of the molecule is CC(C)(C)[Si](C)(C)OC(c1cnc(Br)s1)C(F)(F)F. The molecule has 1 rings (SSSR count). The molecule has 110 valence electrons. The molecule has 1 unspecified atom stereocenters. The second-order valence-corrected chi connectivity index (χ2v) is 12.9. The zero-order valence-electron chi connectivity index (χ0n) is 11.4. The summed E-state index contributed by atoms with van der Waals surface area (Å²) in [5, 5.41) is -0.279. The predicted molar refractivity (Wildman–Crippen MR) is 76.9 cm³/mol. The van der Waals surface area contributed by atoms with Crippen molar-refractivity contribution in [1.82, 2.24) is 4.98 Å². The minimum absolute atomic E-state index is 0.0872. The smallest absolute Gasteiger partial charge is 0.401 e. The van der Waals surface area contributed by atoms with Gasteiger partial charge in [-0.2, -0.15) is 13.2 Å². The van der Waals surface area contributed by atoms with Crippen molar-refractivity contribution in [1.29, 1.82) is 0 Å². The molecule has 1 heterocycles. The molecule has 0 aliphatic rings. The van der Waals surface area contributed by atoms with Gasteiger partial charge in [0.2, 0.25) is 0 Å². The molecule has 8 heteroatoms. The maximum Gasteiger partial charge on any atom is 0.418 e. The zero-order chi connectivity index (χ0) is 15.1. The van der Waals surface area contributed by atoms with Crippen molar-refractivity contribution in [2.45, 2.75) is 51.2 Å². The first-order valence-electron chi connectivity index (χ1n) is 5.70. The summed E-state index contributed by atoms with van der Waals surface area (Å²) in [5.41, 5.74) is 0. The minimum Gasteiger partial charge on any atom is -0.401 e. The summed E-state index contributed by atoms with van der Waals surface area (Å²) >= 11 is 4.04. The van der Waals surface area contributed by atoms with Crippen LogP contribution in [0.3, 0.4) is 0 Å². The molecule has 2 nitrogen and oxygen atoms in total. The van der Waals surface area contributed by atoms with Crippen molar-refractivity contribution in [3.05, 3.63) is 15.0 Å². The molecule has 0 N–H and O–H groups in total. The Balaban J connectivity index is 3.08. The number of halogens is 4. The molecule has 0 spiro atoms. The molecule has 0 aromatic carbocycles. The van der Waals surface area contributed by atoms with E-state index in [1.807, 2.05) is 33.9 Å². The number of hydrogen-bond acceptors (Lipinski definition) is 3. The fourth-order valence-corrected chi connectivity index (χ4v) is 3.79. The number of aromatic nitrogens is 1. The molecule has 0 amide bonds. The van der Waals surface area contributed by atoms with E-state index in [1.54, 1.807) is 0 Å². The van der Waals surface area contributed by atoms with Crippen molar-refractivity contribution in [3.63, 3.8) is 0 Å². The minimum atomic E-state index is -4.43. The van der Waals surface area contributed by atoms with Gasteiger partial charge in [0.25, 0.3) is 0 Å². The molecule has 19 heavy (non-hydrogen) atoms. The van der Waals surface area contributed by atoms with Crippen LogP contribution in [0, 0.1) is 0 Å². The largest absolute Gasteiger partial charge is 0.418 e. The van der Waals surface area contributed by atoms with Crippen molar-refractivity contribution < 1.29 is 17.6 Å². The third-order valence-corrected chi connectivity index (χ3v) is 9.23. The Labute approximate surface area is 124 Å². The Morgan fingerprint density at radius 2 is 1.84 bits per heavy atom. The van der Waals surface area contributed by atoms with Gasteiger partial charge >= 0.3 is 6.18 Å². The Bertz CT molecular complexity index is 442. The molecule has 1 aromatic rings. The highest BCUT2D eigenvalue weighted by atomic mass is 79.9. The number of nitrogens with zero attached hydrogens (tertiary/aromatic N) is 1. The first-order valence-corrected chi connectivity index (χ1v) is 10.2. The molecule has 1 atom stereocenters. The van der Waals surface area contributed by atoms with Crippen LogP contribution in [-0.2, 0) is 4.43 Å².